The van der Waals surface area contributed by atoms with E-state index in [1.165, 1.54) is 35.5 Å². The second-order valence-corrected chi connectivity index (χ2v) is 8.36. The normalized spacial score (nSPS) is 16.1. The van der Waals surface area contributed by atoms with E-state index in [4.69, 9.17) is 4.74 Å². The Kier molecular flexibility index (Phi) is 5.49. The summed E-state index contributed by atoms with van der Waals surface area (Å²) in [7, 11) is 2.76. The molecule has 0 aliphatic heterocycles. The first-order valence-electron chi connectivity index (χ1n) is 10.9. The third-order valence-corrected chi connectivity index (χ3v) is 6.11. The molecule has 184 valence electrons. The number of hydrogen-bond donors (Lipinski definition) is 2. The van der Waals surface area contributed by atoms with E-state index in [-0.39, 0.29) is 71.5 Å². The molecular weight excluding hydrogens is 470 g/mol. The number of nitrogens with one attached hydrogen (secondary N) is 2. The van der Waals surface area contributed by atoms with E-state index < -0.39 is 23.5 Å². The minimum atomic E-state index is -2.68. The van der Waals surface area contributed by atoms with Gasteiger partial charge in [0.15, 0.2) is 17.3 Å². The predicted octanol–water partition coefficient (Wildman–Crippen LogP) is 3.68. The topological polar surface area (TPSA) is 97.9 Å². The number of imidazole rings is 1. The van der Waals surface area contributed by atoms with Gasteiger partial charge >= 0.3 is 0 Å². The van der Waals surface area contributed by atoms with Gasteiger partial charge in [0.1, 0.15) is 11.2 Å². The molecule has 2 N–H and O–H groups in total. The number of nitrogens with zero attached hydrogens (tertiary/aromatic N) is 5. The molecule has 4 aromatic rings. The van der Waals surface area contributed by atoms with Crippen LogP contribution in [0.3, 0.4) is 0 Å². The molecule has 1 aliphatic rings. The van der Waals surface area contributed by atoms with Gasteiger partial charge in [0.2, 0.25) is 17.8 Å². The highest BCUT2D eigenvalue weighted by atomic mass is 19.3. The summed E-state index contributed by atoms with van der Waals surface area (Å²) in [6, 6.07) is 0.833. The first kappa shape index (κ1) is 22.9. The molecule has 0 bridgehead atoms. The Hall–Kier alpha value is -3.90. The van der Waals surface area contributed by atoms with Gasteiger partial charge in [-0.3, -0.25) is 9.20 Å². The first-order valence-corrected chi connectivity index (χ1v) is 10.9. The summed E-state index contributed by atoms with van der Waals surface area (Å²) in [6.07, 6.45) is 3.68. The molecule has 1 aliphatic carbocycles. The molecule has 1 saturated carbocycles. The van der Waals surface area contributed by atoms with Gasteiger partial charge in [0.05, 0.1) is 25.1 Å². The van der Waals surface area contributed by atoms with Crippen LogP contribution in [-0.4, -0.2) is 56.0 Å². The van der Waals surface area contributed by atoms with Crippen LogP contribution in [0.5, 0.6) is 5.88 Å². The maximum absolute atomic E-state index is 15.2. The fraction of sp³-hybridized carbons (Fsp3) is 0.364. The number of anilines is 1. The fourth-order valence-electron chi connectivity index (χ4n) is 4.35. The SMILES string of the molecule is CNC(=O)c1cnc2c(F)cc(-c3c(F)cn4nc(NC5CCC(F)(F)CC5)nc(OC)c34)cn12. The lowest BCUT2D eigenvalue weighted by molar-refractivity contribution is -0.0361. The Morgan fingerprint density at radius 1 is 1.20 bits per heavy atom. The maximum atomic E-state index is 15.2. The molecule has 0 spiro atoms. The van der Waals surface area contributed by atoms with Crippen molar-refractivity contribution in [3.05, 3.63) is 42.0 Å². The van der Waals surface area contributed by atoms with Gasteiger partial charge in [-0.15, -0.1) is 5.10 Å². The van der Waals surface area contributed by atoms with Crippen LogP contribution in [0.25, 0.3) is 22.3 Å². The number of amides is 1. The summed E-state index contributed by atoms with van der Waals surface area (Å²) in [5, 5.41) is 9.73. The lowest BCUT2D eigenvalue weighted by Gasteiger charge is -2.28. The predicted molar refractivity (Wildman–Crippen MR) is 118 cm³/mol. The third kappa shape index (κ3) is 4.00. The summed E-state index contributed by atoms with van der Waals surface area (Å²) >= 11 is 0. The van der Waals surface area contributed by atoms with E-state index in [0.717, 1.165) is 12.3 Å². The highest BCUT2D eigenvalue weighted by Crippen LogP contribution is 2.36. The summed E-state index contributed by atoms with van der Waals surface area (Å²) in [4.78, 5) is 20.4. The zero-order valence-electron chi connectivity index (χ0n) is 18.8. The number of alkyl halides is 2. The van der Waals surface area contributed by atoms with Crippen molar-refractivity contribution in [3.63, 3.8) is 0 Å². The molecular formula is C22H21F4N7O2. The number of hydrogen-bond acceptors (Lipinski definition) is 6. The molecule has 35 heavy (non-hydrogen) atoms. The largest absolute Gasteiger partial charge is 0.479 e. The van der Waals surface area contributed by atoms with E-state index in [0.29, 0.717) is 0 Å². The van der Waals surface area contributed by atoms with Gasteiger partial charge in [-0.1, -0.05) is 0 Å². The summed E-state index contributed by atoms with van der Waals surface area (Å²) in [5.41, 5.74) is 0.174. The zero-order valence-corrected chi connectivity index (χ0v) is 18.8. The summed E-state index contributed by atoms with van der Waals surface area (Å²) in [6.45, 7) is 0. The number of halogens is 4. The van der Waals surface area contributed by atoms with Crippen LogP contribution in [0.4, 0.5) is 23.5 Å². The highest BCUT2D eigenvalue weighted by molar-refractivity contribution is 5.93. The second kappa shape index (κ2) is 8.40. The Labute approximate surface area is 196 Å². The third-order valence-electron chi connectivity index (χ3n) is 6.11. The summed E-state index contributed by atoms with van der Waals surface area (Å²) in [5.74, 6) is -4.57. The number of rotatable bonds is 5. The standard InChI is InChI=1S/C22H21F4N7O2/c1-27-19(34)15-8-28-18-13(23)7-11(9-32(15)18)16-14(24)10-33-17(16)20(35-2)30-21(31-33)29-12-3-5-22(25,26)6-4-12/h7-10,12H,3-6H2,1-2H3,(H,27,34)(H,29,31). The second-order valence-electron chi connectivity index (χ2n) is 8.36. The lowest BCUT2D eigenvalue weighted by atomic mass is 9.92. The first-order chi connectivity index (χ1) is 16.7. The van der Waals surface area contributed by atoms with Crippen molar-refractivity contribution in [2.45, 2.75) is 37.6 Å². The van der Waals surface area contributed by atoms with E-state index in [9.17, 15) is 18.0 Å². The minimum Gasteiger partial charge on any atom is -0.479 e. The molecule has 5 rings (SSSR count). The smallest absolute Gasteiger partial charge is 0.269 e. The minimum absolute atomic E-state index is 0.000185. The maximum Gasteiger partial charge on any atom is 0.269 e. The lowest BCUT2D eigenvalue weighted by Crippen LogP contribution is -2.32. The fourth-order valence-corrected chi connectivity index (χ4v) is 4.35. The molecule has 1 amide bonds. The van der Waals surface area contributed by atoms with Gasteiger partial charge in [-0.25, -0.2) is 27.1 Å². The van der Waals surface area contributed by atoms with Gasteiger partial charge in [-0.05, 0) is 18.9 Å². The van der Waals surface area contributed by atoms with Crippen LogP contribution < -0.4 is 15.4 Å². The van der Waals surface area contributed by atoms with Gasteiger partial charge in [-0.2, -0.15) is 4.98 Å². The van der Waals surface area contributed by atoms with Crippen molar-refractivity contribution in [1.82, 2.24) is 29.3 Å². The zero-order chi connectivity index (χ0) is 24.9. The molecule has 4 aromatic heterocycles. The molecule has 13 heteroatoms. The summed E-state index contributed by atoms with van der Waals surface area (Å²) < 4.78 is 64.8. The molecule has 0 unspecified atom stereocenters. The Balaban J connectivity index is 1.58. The quantitative estimate of drug-likeness (QED) is 0.414. The molecule has 0 saturated heterocycles. The van der Waals surface area contributed by atoms with Crippen LogP contribution in [0.2, 0.25) is 0 Å². The molecule has 0 atom stereocenters. The van der Waals surface area contributed by atoms with Crippen molar-refractivity contribution >= 4 is 23.0 Å². The van der Waals surface area contributed by atoms with E-state index in [2.05, 4.69) is 25.7 Å². The Morgan fingerprint density at radius 3 is 2.63 bits per heavy atom. The number of carbonyl (C=O) groups excluding carboxylic acids is 1. The van der Waals surface area contributed by atoms with Crippen LogP contribution >= 0.6 is 0 Å². The van der Waals surface area contributed by atoms with E-state index in [1.807, 2.05) is 0 Å². The molecule has 4 heterocycles. The number of aromatic nitrogens is 5. The van der Waals surface area contributed by atoms with Crippen molar-refractivity contribution in [1.29, 1.82) is 0 Å². The number of methoxy groups -OCH3 is 1. The van der Waals surface area contributed by atoms with Gasteiger partial charge in [0.25, 0.3) is 5.91 Å². The van der Waals surface area contributed by atoms with Crippen molar-refractivity contribution in [3.8, 4) is 17.0 Å². The average Bonchev–Trinajstić information content (AvgIpc) is 3.40. The molecule has 9 nitrogen and oxygen atoms in total. The molecule has 0 aromatic carbocycles. The van der Waals surface area contributed by atoms with Crippen molar-refractivity contribution < 1.29 is 27.1 Å². The highest BCUT2D eigenvalue weighted by Gasteiger charge is 2.35. The van der Waals surface area contributed by atoms with Gasteiger partial charge in [0, 0.05) is 37.7 Å². The molecule has 1 fully saturated rings. The monoisotopic (exact) mass is 491 g/mol. The van der Waals surface area contributed by atoms with Gasteiger partial charge < -0.3 is 15.4 Å². The van der Waals surface area contributed by atoms with Crippen molar-refractivity contribution in [2.24, 2.45) is 0 Å². The number of ether oxygens (including phenoxy) is 1. The molecule has 0 radical (unpaired) electrons. The Bertz CT molecular complexity index is 1440. The Morgan fingerprint density at radius 2 is 1.94 bits per heavy atom. The number of carbonyl (C=O) groups is 1. The average molecular weight is 491 g/mol. The van der Waals surface area contributed by atoms with E-state index in [1.54, 1.807) is 0 Å². The van der Waals surface area contributed by atoms with Crippen LogP contribution in [0.15, 0.2) is 24.7 Å². The van der Waals surface area contributed by atoms with Crippen LogP contribution in [0, 0.1) is 11.6 Å². The number of pyridine rings is 1. The van der Waals surface area contributed by atoms with Crippen LogP contribution in [-0.2, 0) is 0 Å². The van der Waals surface area contributed by atoms with Crippen molar-refractivity contribution in [2.75, 3.05) is 19.5 Å². The van der Waals surface area contributed by atoms with Crippen LogP contribution in [0.1, 0.15) is 36.2 Å². The number of fused-ring (bicyclic) bond motifs is 2. The van der Waals surface area contributed by atoms with E-state index >= 15 is 4.39 Å².